The van der Waals surface area contributed by atoms with E-state index in [9.17, 15) is 4.79 Å². The van der Waals surface area contributed by atoms with Gasteiger partial charge >= 0.3 is 0 Å². The SMILES string of the molecule is NC(=O)CSc1nn(-c2ccccc2)c(=S)s1. The van der Waals surface area contributed by atoms with Crippen LogP contribution in [-0.2, 0) is 4.79 Å². The van der Waals surface area contributed by atoms with E-state index < -0.39 is 0 Å². The Kier molecular flexibility index (Phi) is 3.93. The van der Waals surface area contributed by atoms with Crippen molar-refractivity contribution < 1.29 is 4.79 Å². The van der Waals surface area contributed by atoms with E-state index in [-0.39, 0.29) is 11.7 Å². The van der Waals surface area contributed by atoms with Gasteiger partial charge in [-0.1, -0.05) is 41.3 Å². The Morgan fingerprint density at radius 2 is 2.18 bits per heavy atom. The molecule has 0 aliphatic heterocycles. The third kappa shape index (κ3) is 3.15. The fourth-order valence-corrected chi connectivity index (χ4v) is 3.28. The topological polar surface area (TPSA) is 60.9 Å². The summed E-state index contributed by atoms with van der Waals surface area (Å²) < 4.78 is 3.09. The number of thioether (sulfide) groups is 1. The lowest BCUT2D eigenvalue weighted by Crippen LogP contribution is -2.12. The number of nitrogens with zero attached hydrogens (tertiary/aromatic N) is 2. The summed E-state index contributed by atoms with van der Waals surface area (Å²) in [7, 11) is 0. The average Bonchev–Trinajstić information content (AvgIpc) is 2.69. The molecule has 0 radical (unpaired) electrons. The summed E-state index contributed by atoms with van der Waals surface area (Å²) in [4.78, 5) is 10.7. The van der Waals surface area contributed by atoms with Crippen molar-refractivity contribution in [2.45, 2.75) is 4.34 Å². The standard InChI is InChI=1S/C10H9N3OS3/c11-8(14)6-16-9-12-13(10(15)17-9)7-4-2-1-3-5-7/h1-5H,6H2,(H2,11,14). The van der Waals surface area contributed by atoms with Crippen LogP contribution in [0.2, 0.25) is 0 Å². The molecular weight excluding hydrogens is 274 g/mol. The summed E-state index contributed by atoms with van der Waals surface area (Å²) in [6, 6.07) is 9.64. The number of para-hydroxylation sites is 1. The van der Waals surface area contributed by atoms with Crippen LogP contribution in [0.5, 0.6) is 0 Å². The number of carbonyl (C=O) groups excluding carboxylic acids is 1. The van der Waals surface area contributed by atoms with Gasteiger partial charge in [0.05, 0.1) is 11.4 Å². The molecular formula is C10H9N3OS3. The lowest BCUT2D eigenvalue weighted by molar-refractivity contribution is -0.115. The van der Waals surface area contributed by atoms with Crippen LogP contribution in [0.15, 0.2) is 34.7 Å². The molecule has 0 spiro atoms. The van der Waals surface area contributed by atoms with Crippen LogP contribution in [0.3, 0.4) is 0 Å². The average molecular weight is 283 g/mol. The Morgan fingerprint density at radius 3 is 2.82 bits per heavy atom. The van der Waals surface area contributed by atoms with Gasteiger partial charge in [0.2, 0.25) is 5.91 Å². The molecule has 2 rings (SSSR count). The van der Waals surface area contributed by atoms with E-state index in [4.69, 9.17) is 18.0 Å². The number of amides is 1. The molecule has 0 bridgehead atoms. The van der Waals surface area contributed by atoms with Crippen LogP contribution in [-0.4, -0.2) is 21.4 Å². The molecule has 0 atom stereocenters. The molecule has 1 heterocycles. The minimum Gasteiger partial charge on any atom is -0.369 e. The van der Waals surface area contributed by atoms with Crippen molar-refractivity contribution in [3.05, 3.63) is 34.3 Å². The van der Waals surface area contributed by atoms with Gasteiger partial charge in [0.1, 0.15) is 0 Å². The lowest BCUT2D eigenvalue weighted by atomic mass is 10.3. The second-order valence-corrected chi connectivity index (χ2v) is 5.98. The maximum atomic E-state index is 10.7. The first-order valence-corrected chi connectivity index (χ1v) is 6.94. The summed E-state index contributed by atoms with van der Waals surface area (Å²) >= 11 is 7.90. The highest BCUT2D eigenvalue weighted by Gasteiger charge is 2.07. The number of nitrogens with two attached hydrogens (primary N) is 1. The smallest absolute Gasteiger partial charge is 0.227 e. The van der Waals surface area contributed by atoms with E-state index in [0.29, 0.717) is 3.95 Å². The van der Waals surface area contributed by atoms with Gasteiger partial charge in [0.15, 0.2) is 8.29 Å². The van der Waals surface area contributed by atoms with Gasteiger partial charge in [0, 0.05) is 0 Å². The predicted octanol–water partition coefficient (Wildman–Crippen LogP) is 2.24. The van der Waals surface area contributed by atoms with Crippen molar-refractivity contribution in [3.63, 3.8) is 0 Å². The normalized spacial score (nSPS) is 10.4. The zero-order chi connectivity index (χ0) is 12.3. The monoisotopic (exact) mass is 283 g/mol. The Balaban J connectivity index is 2.26. The highest BCUT2D eigenvalue weighted by Crippen LogP contribution is 2.23. The van der Waals surface area contributed by atoms with Gasteiger partial charge in [-0.2, -0.15) is 0 Å². The molecule has 1 aromatic carbocycles. The zero-order valence-electron chi connectivity index (χ0n) is 8.70. The van der Waals surface area contributed by atoms with E-state index in [1.165, 1.54) is 23.1 Å². The number of hydrogen-bond acceptors (Lipinski definition) is 5. The van der Waals surface area contributed by atoms with Crippen LogP contribution in [0.4, 0.5) is 0 Å². The maximum Gasteiger partial charge on any atom is 0.227 e. The molecule has 0 fully saturated rings. The molecule has 7 heteroatoms. The first-order chi connectivity index (χ1) is 8.16. The van der Waals surface area contributed by atoms with Crippen molar-refractivity contribution in [3.8, 4) is 5.69 Å². The van der Waals surface area contributed by atoms with E-state index in [0.717, 1.165) is 10.0 Å². The number of carbonyl (C=O) groups is 1. The predicted molar refractivity (Wildman–Crippen MR) is 72.2 cm³/mol. The summed E-state index contributed by atoms with van der Waals surface area (Å²) in [5, 5.41) is 4.34. The van der Waals surface area contributed by atoms with Crippen molar-refractivity contribution in [1.82, 2.24) is 9.78 Å². The minimum absolute atomic E-state index is 0.219. The maximum absolute atomic E-state index is 10.7. The van der Waals surface area contributed by atoms with Gasteiger partial charge in [0.25, 0.3) is 0 Å². The Labute approximate surface area is 111 Å². The second-order valence-electron chi connectivity index (χ2n) is 3.14. The van der Waals surface area contributed by atoms with E-state index in [1.54, 1.807) is 4.68 Å². The Hall–Kier alpha value is -1.18. The van der Waals surface area contributed by atoms with Gasteiger partial charge in [-0.3, -0.25) is 4.79 Å². The third-order valence-electron chi connectivity index (χ3n) is 1.87. The summed E-state index contributed by atoms with van der Waals surface area (Å²) in [6.45, 7) is 0. The summed E-state index contributed by atoms with van der Waals surface area (Å²) in [5.74, 6) is -0.140. The highest BCUT2D eigenvalue weighted by molar-refractivity contribution is 8.01. The molecule has 0 saturated heterocycles. The van der Waals surface area contributed by atoms with Gasteiger partial charge in [-0.15, -0.1) is 5.10 Å². The largest absolute Gasteiger partial charge is 0.369 e. The van der Waals surface area contributed by atoms with Gasteiger partial charge in [-0.05, 0) is 24.4 Å². The van der Waals surface area contributed by atoms with Crippen LogP contribution in [0, 0.1) is 3.95 Å². The molecule has 0 unspecified atom stereocenters. The fraction of sp³-hybridized carbons (Fsp3) is 0.100. The van der Waals surface area contributed by atoms with Gasteiger partial charge < -0.3 is 5.73 Å². The van der Waals surface area contributed by atoms with E-state index in [1.807, 2.05) is 30.3 Å². The number of hydrogen-bond donors (Lipinski definition) is 1. The molecule has 0 saturated carbocycles. The van der Waals surface area contributed by atoms with Crippen molar-refractivity contribution in [2.75, 3.05) is 5.75 Å². The number of rotatable bonds is 4. The molecule has 4 nitrogen and oxygen atoms in total. The Bertz CT molecular complexity index is 576. The quantitative estimate of drug-likeness (QED) is 0.690. The molecule has 0 aliphatic carbocycles. The molecule has 88 valence electrons. The number of aromatic nitrogens is 2. The summed E-state index contributed by atoms with van der Waals surface area (Å²) in [6.07, 6.45) is 0. The molecule has 2 N–H and O–H groups in total. The van der Waals surface area contributed by atoms with Crippen molar-refractivity contribution in [1.29, 1.82) is 0 Å². The third-order valence-corrected chi connectivity index (χ3v) is 4.26. The van der Waals surface area contributed by atoms with Crippen molar-refractivity contribution in [2.24, 2.45) is 5.73 Å². The van der Waals surface area contributed by atoms with E-state index in [2.05, 4.69) is 5.10 Å². The van der Waals surface area contributed by atoms with Crippen LogP contribution < -0.4 is 5.73 Å². The first-order valence-electron chi connectivity index (χ1n) is 4.73. The Morgan fingerprint density at radius 1 is 1.47 bits per heavy atom. The van der Waals surface area contributed by atoms with Crippen molar-refractivity contribution >= 4 is 41.2 Å². The van der Waals surface area contributed by atoms with Crippen LogP contribution >= 0.6 is 35.3 Å². The first kappa shape index (κ1) is 12.3. The molecule has 1 amide bonds. The van der Waals surface area contributed by atoms with Crippen LogP contribution in [0.25, 0.3) is 5.69 Å². The molecule has 0 aliphatic rings. The lowest BCUT2D eigenvalue weighted by Gasteiger charge is -1.98. The second kappa shape index (κ2) is 5.44. The minimum atomic E-state index is -0.359. The number of primary amides is 1. The molecule has 2 aromatic rings. The van der Waals surface area contributed by atoms with E-state index >= 15 is 0 Å². The summed E-state index contributed by atoms with van der Waals surface area (Å²) in [5.41, 5.74) is 6.00. The number of benzene rings is 1. The van der Waals surface area contributed by atoms with Gasteiger partial charge in [-0.25, -0.2) is 4.68 Å². The fourth-order valence-electron chi connectivity index (χ4n) is 1.18. The zero-order valence-corrected chi connectivity index (χ0v) is 11.1. The molecule has 17 heavy (non-hydrogen) atoms. The molecule has 1 aromatic heterocycles. The van der Waals surface area contributed by atoms with Crippen LogP contribution in [0.1, 0.15) is 0 Å². The highest BCUT2D eigenvalue weighted by atomic mass is 32.2.